The fourth-order valence-corrected chi connectivity index (χ4v) is 3.07. The third-order valence-electron chi connectivity index (χ3n) is 4.43. The van der Waals surface area contributed by atoms with Crippen LogP contribution in [-0.4, -0.2) is 35.3 Å². The van der Waals surface area contributed by atoms with E-state index in [0.717, 1.165) is 31.6 Å². The van der Waals surface area contributed by atoms with Gasteiger partial charge in [-0.15, -0.1) is 0 Å². The molecule has 2 saturated carbocycles. The van der Waals surface area contributed by atoms with Crippen LogP contribution in [0.15, 0.2) is 12.7 Å². The number of carbonyl (C=O) groups is 2. The molecule has 0 aromatic rings. The van der Waals surface area contributed by atoms with Crippen molar-refractivity contribution in [1.29, 1.82) is 0 Å². The second kappa shape index (κ2) is 6.91. The molecule has 2 aliphatic carbocycles. The van der Waals surface area contributed by atoms with Gasteiger partial charge in [0.15, 0.2) is 0 Å². The van der Waals surface area contributed by atoms with Crippen LogP contribution >= 0.6 is 0 Å². The van der Waals surface area contributed by atoms with E-state index >= 15 is 0 Å². The van der Waals surface area contributed by atoms with E-state index in [9.17, 15) is 9.59 Å². The molecule has 20 heavy (non-hydrogen) atoms. The first kappa shape index (κ1) is 15.1. The lowest BCUT2D eigenvalue weighted by Crippen LogP contribution is -2.44. The van der Waals surface area contributed by atoms with Crippen molar-refractivity contribution in [2.24, 2.45) is 5.92 Å². The molecule has 0 radical (unpaired) electrons. The molecular weight excluding hydrogens is 252 g/mol. The molecule has 2 amide bonds. The summed E-state index contributed by atoms with van der Waals surface area (Å²) in [5.41, 5.74) is 0. The van der Waals surface area contributed by atoms with Crippen molar-refractivity contribution < 1.29 is 9.59 Å². The van der Waals surface area contributed by atoms with E-state index in [1.165, 1.54) is 18.9 Å². The number of hydrogen-bond donors (Lipinski definition) is 1. The van der Waals surface area contributed by atoms with Gasteiger partial charge in [-0.2, -0.15) is 0 Å². The Bertz CT molecular complexity index is 369. The van der Waals surface area contributed by atoms with Crippen LogP contribution in [0.4, 0.5) is 0 Å². The Hall–Kier alpha value is -1.32. The average Bonchev–Trinajstić information content (AvgIpc) is 3.25. The highest BCUT2D eigenvalue weighted by Crippen LogP contribution is 2.35. The SMILES string of the molecule is C=CC(=O)NCCC(=O)N(C1CCC(C)CC1)C1CC1. The fourth-order valence-electron chi connectivity index (χ4n) is 3.07. The normalized spacial score (nSPS) is 25.9. The lowest BCUT2D eigenvalue weighted by atomic mass is 9.86. The van der Waals surface area contributed by atoms with Crippen LogP contribution < -0.4 is 5.32 Å². The predicted molar refractivity (Wildman–Crippen MR) is 79.1 cm³/mol. The Morgan fingerprint density at radius 3 is 2.20 bits per heavy atom. The number of amides is 2. The van der Waals surface area contributed by atoms with Crippen molar-refractivity contribution in [3.8, 4) is 0 Å². The van der Waals surface area contributed by atoms with Gasteiger partial charge in [0.1, 0.15) is 0 Å². The molecule has 0 aromatic heterocycles. The Morgan fingerprint density at radius 1 is 1.15 bits per heavy atom. The van der Waals surface area contributed by atoms with Gasteiger partial charge in [-0.05, 0) is 50.5 Å². The second-order valence-electron chi connectivity index (χ2n) is 6.19. The summed E-state index contributed by atoms with van der Waals surface area (Å²) in [6, 6.07) is 0.900. The van der Waals surface area contributed by atoms with Crippen LogP contribution in [0.2, 0.25) is 0 Å². The zero-order chi connectivity index (χ0) is 14.5. The van der Waals surface area contributed by atoms with Crippen molar-refractivity contribution >= 4 is 11.8 Å². The number of nitrogens with zero attached hydrogens (tertiary/aromatic N) is 1. The number of hydrogen-bond acceptors (Lipinski definition) is 2. The van der Waals surface area contributed by atoms with Crippen molar-refractivity contribution in [2.45, 2.75) is 64.0 Å². The molecule has 0 spiro atoms. The molecule has 2 fully saturated rings. The fraction of sp³-hybridized carbons (Fsp3) is 0.750. The van der Waals surface area contributed by atoms with E-state index in [1.54, 1.807) is 0 Å². The molecule has 0 atom stereocenters. The maximum absolute atomic E-state index is 12.4. The molecule has 4 heteroatoms. The Balaban J connectivity index is 1.83. The van der Waals surface area contributed by atoms with Gasteiger partial charge in [0.25, 0.3) is 0 Å². The van der Waals surface area contributed by atoms with Crippen molar-refractivity contribution in [2.75, 3.05) is 6.54 Å². The molecule has 0 heterocycles. The van der Waals surface area contributed by atoms with Crippen molar-refractivity contribution in [3.05, 3.63) is 12.7 Å². The van der Waals surface area contributed by atoms with Crippen molar-refractivity contribution in [3.63, 3.8) is 0 Å². The van der Waals surface area contributed by atoms with Gasteiger partial charge in [-0.1, -0.05) is 13.5 Å². The summed E-state index contributed by atoms with van der Waals surface area (Å²) in [5.74, 6) is 0.799. The summed E-state index contributed by atoms with van der Waals surface area (Å²) >= 11 is 0. The number of nitrogens with one attached hydrogen (secondary N) is 1. The average molecular weight is 278 g/mol. The molecule has 0 aromatic carbocycles. The topological polar surface area (TPSA) is 49.4 Å². The standard InChI is InChI=1S/C16H26N2O2/c1-3-15(19)17-11-10-16(20)18(14-8-9-14)13-6-4-12(2)5-7-13/h3,12-14H,1,4-11H2,2H3,(H,17,19). The van der Waals surface area contributed by atoms with Gasteiger partial charge in [0.2, 0.25) is 11.8 Å². The first-order valence-electron chi connectivity index (χ1n) is 7.83. The van der Waals surface area contributed by atoms with E-state index < -0.39 is 0 Å². The first-order valence-corrected chi connectivity index (χ1v) is 7.83. The smallest absolute Gasteiger partial charge is 0.243 e. The minimum Gasteiger partial charge on any atom is -0.352 e. The monoisotopic (exact) mass is 278 g/mol. The summed E-state index contributed by atoms with van der Waals surface area (Å²) in [4.78, 5) is 25.6. The third-order valence-corrected chi connectivity index (χ3v) is 4.43. The number of carbonyl (C=O) groups excluding carboxylic acids is 2. The largest absolute Gasteiger partial charge is 0.352 e. The van der Waals surface area contributed by atoms with E-state index in [-0.39, 0.29) is 11.8 Å². The Kier molecular flexibility index (Phi) is 5.21. The maximum Gasteiger partial charge on any atom is 0.243 e. The van der Waals surface area contributed by atoms with E-state index in [4.69, 9.17) is 0 Å². The molecule has 0 aliphatic heterocycles. The summed E-state index contributed by atoms with van der Waals surface area (Å²) < 4.78 is 0. The van der Waals surface area contributed by atoms with Gasteiger partial charge in [0, 0.05) is 25.0 Å². The van der Waals surface area contributed by atoms with Gasteiger partial charge in [-0.3, -0.25) is 9.59 Å². The zero-order valence-electron chi connectivity index (χ0n) is 12.4. The third kappa shape index (κ3) is 4.09. The molecule has 1 N–H and O–H groups in total. The molecule has 0 unspecified atom stereocenters. The maximum atomic E-state index is 12.4. The van der Waals surface area contributed by atoms with Gasteiger partial charge in [-0.25, -0.2) is 0 Å². The molecule has 2 aliphatic rings. The van der Waals surface area contributed by atoms with E-state index in [0.29, 0.717) is 25.0 Å². The highest BCUT2D eigenvalue weighted by Gasteiger charge is 2.37. The second-order valence-corrected chi connectivity index (χ2v) is 6.19. The van der Waals surface area contributed by atoms with Crippen LogP contribution in [0.25, 0.3) is 0 Å². The lowest BCUT2D eigenvalue weighted by molar-refractivity contribution is -0.135. The molecule has 0 saturated heterocycles. The van der Waals surface area contributed by atoms with Crippen LogP contribution in [0.3, 0.4) is 0 Å². The predicted octanol–water partition coefficient (Wildman–Crippen LogP) is 2.25. The summed E-state index contributed by atoms with van der Waals surface area (Å²) in [6.45, 7) is 6.11. The lowest BCUT2D eigenvalue weighted by Gasteiger charge is -2.36. The van der Waals surface area contributed by atoms with Gasteiger partial charge < -0.3 is 10.2 Å². The summed E-state index contributed by atoms with van der Waals surface area (Å²) in [6.07, 6.45) is 8.69. The molecule has 112 valence electrons. The Morgan fingerprint density at radius 2 is 1.70 bits per heavy atom. The van der Waals surface area contributed by atoms with Crippen molar-refractivity contribution in [1.82, 2.24) is 10.2 Å². The molecule has 4 nitrogen and oxygen atoms in total. The zero-order valence-corrected chi connectivity index (χ0v) is 12.4. The molecular formula is C16H26N2O2. The van der Waals surface area contributed by atoms with Gasteiger partial charge >= 0.3 is 0 Å². The highest BCUT2D eigenvalue weighted by molar-refractivity contribution is 5.87. The highest BCUT2D eigenvalue weighted by atomic mass is 16.2. The van der Waals surface area contributed by atoms with Crippen LogP contribution in [-0.2, 0) is 9.59 Å². The Labute approximate surface area is 121 Å². The van der Waals surface area contributed by atoms with Crippen LogP contribution in [0.1, 0.15) is 51.9 Å². The minimum atomic E-state index is -0.206. The summed E-state index contributed by atoms with van der Waals surface area (Å²) in [5, 5.41) is 2.68. The molecule has 2 rings (SSSR count). The molecule has 0 bridgehead atoms. The van der Waals surface area contributed by atoms with E-state index in [2.05, 4.69) is 23.7 Å². The quantitative estimate of drug-likeness (QED) is 0.758. The van der Waals surface area contributed by atoms with Crippen LogP contribution in [0, 0.1) is 5.92 Å². The number of rotatable bonds is 6. The minimum absolute atomic E-state index is 0.205. The first-order chi connectivity index (χ1) is 9.61. The summed E-state index contributed by atoms with van der Waals surface area (Å²) in [7, 11) is 0. The van der Waals surface area contributed by atoms with Gasteiger partial charge in [0.05, 0.1) is 0 Å². The van der Waals surface area contributed by atoms with Crippen LogP contribution in [0.5, 0.6) is 0 Å². The van der Waals surface area contributed by atoms with E-state index in [1.807, 2.05) is 0 Å².